The average molecular weight is 1350 g/mol. The number of fused-ring (bicyclic) bond motifs is 2. The number of carbonyl (C=O) groups is 11. The number of amides is 10. The largest absolute Gasteiger partial charge is 0.480 e. The second kappa shape index (κ2) is 38.9. The number of ether oxygens (including phenoxy) is 1. The number of benzene rings is 1. The van der Waals surface area contributed by atoms with Gasteiger partial charge in [-0.3, -0.25) is 48.6 Å². The van der Waals surface area contributed by atoms with Crippen LogP contribution in [0.3, 0.4) is 0 Å². The zero-order valence-electron chi connectivity index (χ0n) is 53.7. The molecule has 10 amide bonds. The summed E-state index contributed by atoms with van der Waals surface area (Å²) >= 11 is 0. The summed E-state index contributed by atoms with van der Waals surface area (Å²) in [7, 11) is 1.95. The minimum atomic E-state index is -1.52. The topological polar surface area (TPSA) is 445 Å². The van der Waals surface area contributed by atoms with Crippen molar-refractivity contribution in [2.45, 2.75) is 184 Å². The van der Waals surface area contributed by atoms with Gasteiger partial charge in [0, 0.05) is 63.0 Å². The average Bonchev–Trinajstić information content (AvgIpc) is 1.64. The lowest BCUT2D eigenvalue weighted by molar-refractivity contribution is -0.142. The van der Waals surface area contributed by atoms with E-state index in [2.05, 4.69) is 75.0 Å². The van der Waals surface area contributed by atoms with E-state index in [0.717, 1.165) is 47.3 Å². The summed E-state index contributed by atoms with van der Waals surface area (Å²) in [5, 5.41) is 44.8. The second-order valence-corrected chi connectivity index (χ2v) is 27.1. The summed E-state index contributed by atoms with van der Waals surface area (Å²) in [5.41, 5.74) is 12.6. The number of aromatic nitrogens is 2. The van der Waals surface area contributed by atoms with E-state index in [0.29, 0.717) is 61.8 Å². The predicted molar refractivity (Wildman–Crippen MR) is 352 cm³/mol. The van der Waals surface area contributed by atoms with E-state index in [1.807, 2.05) is 20.8 Å². The molecule has 0 spiro atoms. The van der Waals surface area contributed by atoms with Crippen molar-refractivity contribution < 1.29 is 62.6 Å². The molecule has 17 N–H and O–H groups in total. The molecule has 6 rings (SSSR count). The van der Waals surface area contributed by atoms with Gasteiger partial charge in [-0.25, -0.2) is 14.6 Å². The zero-order valence-corrected chi connectivity index (χ0v) is 55.4. The molecule has 0 bridgehead atoms. The van der Waals surface area contributed by atoms with Gasteiger partial charge in [-0.1, -0.05) is 85.5 Å². The van der Waals surface area contributed by atoms with Crippen molar-refractivity contribution in [3.8, 4) is 11.8 Å². The third kappa shape index (κ3) is 25.0. The summed E-state index contributed by atoms with van der Waals surface area (Å²) in [4.78, 5) is 163. The van der Waals surface area contributed by atoms with Crippen molar-refractivity contribution in [2.24, 2.45) is 35.1 Å². The van der Waals surface area contributed by atoms with Crippen molar-refractivity contribution in [2.75, 3.05) is 44.3 Å². The molecule has 3 heterocycles. The highest BCUT2D eigenvalue weighted by Gasteiger charge is 2.49. The number of carbonyl (C=O) groups excluding carboxylic acids is 10. The molecule has 516 valence electrons. The fourth-order valence-electron chi connectivity index (χ4n) is 11.6. The van der Waals surface area contributed by atoms with E-state index >= 15 is 0 Å². The number of carboxylic acid groups (broad SMARTS) is 1. The van der Waals surface area contributed by atoms with E-state index in [4.69, 9.17) is 21.6 Å². The van der Waals surface area contributed by atoms with Crippen molar-refractivity contribution in [3.05, 3.63) is 54.1 Å². The van der Waals surface area contributed by atoms with Gasteiger partial charge >= 0.3 is 12.1 Å². The lowest BCUT2D eigenvalue weighted by atomic mass is 10.0. The van der Waals surface area contributed by atoms with Crippen molar-refractivity contribution >= 4 is 92.8 Å². The first-order chi connectivity index (χ1) is 45.1. The van der Waals surface area contributed by atoms with Gasteiger partial charge in [0.2, 0.25) is 53.2 Å². The molecule has 2 aliphatic heterocycles. The predicted octanol–water partition coefficient (Wildman–Crippen LogP) is 0.338. The molecular formula is C63H94N16O13S2. The van der Waals surface area contributed by atoms with Crippen LogP contribution in [0.5, 0.6) is 0 Å². The van der Waals surface area contributed by atoms with Crippen LogP contribution in [0.4, 0.5) is 4.79 Å². The van der Waals surface area contributed by atoms with Gasteiger partial charge in [0.1, 0.15) is 48.3 Å². The van der Waals surface area contributed by atoms with Gasteiger partial charge in [-0.2, -0.15) is 0 Å². The third-order valence-electron chi connectivity index (χ3n) is 16.8. The van der Waals surface area contributed by atoms with Crippen LogP contribution in [0.1, 0.15) is 128 Å². The van der Waals surface area contributed by atoms with Gasteiger partial charge in [-0.05, 0) is 99.9 Å². The molecule has 2 aliphatic carbocycles. The van der Waals surface area contributed by atoms with Crippen LogP contribution in [-0.4, -0.2) is 190 Å². The van der Waals surface area contributed by atoms with Crippen LogP contribution in [-0.2, 0) is 65.5 Å². The number of aromatic amines is 1. The first-order valence-electron chi connectivity index (χ1n) is 32.5. The van der Waals surface area contributed by atoms with Crippen LogP contribution in [0.2, 0.25) is 0 Å². The highest BCUT2D eigenvalue weighted by Crippen LogP contribution is 2.52. The van der Waals surface area contributed by atoms with Gasteiger partial charge < -0.3 is 84.4 Å². The zero-order chi connectivity index (χ0) is 68.1. The minimum Gasteiger partial charge on any atom is -0.480 e. The van der Waals surface area contributed by atoms with Crippen LogP contribution in [0.15, 0.2) is 42.9 Å². The summed E-state index contributed by atoms with van der Waals surface area (Å²) in [5.74, 6) is -1.76. The van der Waals surface area contributed by atoms with Crippen molar-refractivity contribution in [1.29, 1.82) is 5.41 Å². The Morgan fingerprint density at radius 3 is 2.15 bits per heavy atom. The van der Waals surface area contributed by atoms with Crippen LogP contribution in [0.25, 0.3) is 0 Å². The number of unbranched alkanes of at least 4 members (excludes halogenated alkanes) is 2. The lowest BCUT2D eigenvalue weighted by Crippen LogP contribution is -2.60. The fraction of sp³-hybridized carbons (Fsp3) is 0.635. The Kier molecular flexibility index (Phi) is 31.0. The Labute approximate surface area is 556 Å². The summed E-state index contributed by atoms with van der Waals surface area (Å²) < 4.78 is 5.59. The quantitative estimate of drug-likeness (QED) is 0.0188. The molecule has 4 aliphatic rings. The van der Waals surface area contributed by atoms with Gasteiger partial charge in [0.15, 0.2) is 5.96 Å². The van der Waals surface area contributed by atoms with Gasteiger partial charge in [-0.15, -0.1) is 11.8 Å². The summed E-state index contributed by atoms with van der Waals surface area (Å²) in [6.45, 7) is 5.74. The molecule has 0 radical (unpaired) electrons. The first kappa shape index (κ1) is 74.9. The third-order valence-corrected chi connectivity index (χ3v) is 19.3. The van der Waals surface area contributed by atoms with Crippen molar-refractivity contribution in [3.63, 3.8) is 0 Å². The van der Waals surface area contributed by atoms with Crippen molar-refractivity contribution in [1.82, 2.24) is 68.0 Å². The highest BCUT2D eigenvalue weighted by atomic mass is 33.1. The monoisotopic (exact) mass is 1350 g/mol. The maximum Gasteiger partial charge on any atom is 0.407 e. The molecule has 2 unspecified atom stereocenters. The maximum atomic E-state index is 15.0. The maximum absolute atomic E-state index is 15.0. The van der Waals surface area contributed by atoms with Gasteiger partial charge in [0.25, 0.3) is 0 Å². The standard InChI is InChI=1S/C63H94N16O13S2/c1-4-5-22-45-55(83)77-50(59(87)76-48(61(89)90)29-38-17-9-8-10-18-38)35-94-93-34-49(78-56(84)46(28-37(2)3)74-53(81)43(64)21-15-26-68-62(65)66)58(86)75-47(30-39-31-67-36-71-39)57(85)72-44(54(82)70-32-52(80)79-27-16-24-51(79)60(88)73-45)23-13-14-25-69-63(91)92-33-42-40-19-11-6-7-12-20-41(40)42/h8-10,17-18,31,36-37,40-51H,4-5,11-16,19-30,32-35,64H2,1-3H3,(H,67,71)(H,69,91)(H,70,82)(H,72,85)(H,73,88)(H,74,81)(H,75,86)(H,76,87)(H,77,83)(H,78,84)(H,89,90)(H4,65,66,68)/t40?,41?,42?,43-,44-,45-,46-,47-,48-,49-,50-,51-/m0/s1. The number of hydrogen-bond acceptors (Lipinski definition) is 17. The minimum absolute atomic E-state index is 0.0213. The molecule has 29 nitrogen and oxygen atoms in total. The molecule has 31 heteroatoms. The highest BCUT2D eigenvalue weighted by molar-refractivity contribution is 8.76. The smallest absolute Gasteiger partial charge is 0.407 e. The number of imidazole rings is 1. The molecule has 1 aromatic heterocycles. The number of guanidine groups is 1. The Bertz CT molecular complexity index is 2950. The summed E-state index contributed by atoms with van der Waals surface area (Å²) in [6.07, 6.45) is 8.43. The summed E-state index contributed by atoms with van der Waals surface area (Å²) in [6, 6.07) is -3.34. The first-order valence-corrected chi connectivity index (χ1v) is 35.0. The van der Waals surface area contributed by atoms with E-state index in [1.165, 1.54) is 17.4 Å². The molecule has 1 saturated carbocycles. The fourth-order valence-corrected chi connectivity index (χ4v) is 13.9. The molecule has 3 fully saturated rings. The number of nitrogens with zero attached hydrogens (tertiary/aromatic N) is 2. The number of rotatable bonds is 27. The number of H-pyrrole nitrogens is 1. The molecule has 94 heavy (non-hydrogen) atoms. The number of aliphatic carboxylic acids is 1. The molecule has 1 aromatic carbocycles. The Hall–Kier alpha value is -8.11. The molecule has 2 saturated heterocycles. The Morgan fingerprint density at radius 2 is 1.47 bits per heavy atom. The SMILES string of the molecule is CCCC[C@@H]1NC(=O)[C@@H]2CCCN2C(=O)CNC(=O)[C@H](CCCCNC(=O)OCC2C3CCC#CCCC32)NC(=O)[C@H](Cc2c[nH]cn2)NC(=O)[C@@H](NC(=O)[C@H](CC(C)C)NC(=O)[C@@H](N)CCCNC(=N)N)CSSC[C@@H](C(=O)N[C@@H](Cc2ccccc2)C(=O)O)NC1=O. The Morgan fingerprint density at radius 1 is 0.798 bits per heavy atom. The Balaban J connectivity index is 1.29. The molecule has 2 aromatic rings. The van der Waals surface area contributed by atoms with Crippen LogP contribution >= 0.6 is 21.6 Å². The van der Waals surface area contributed by atoms with E-state index in [1.54, 1.807) is 30.3 Å². The van der Waals surface area contributed by atoms with Crippen LogP contribution < -0.4 is 64.6 Å². The van der Waals surface area contributed by atoms with Crippen LogP contribution in [0, 0.1) is 40.9 Å². The molecular weight excluding hydrogens is 1250 g/mol. The van der Waals surface area contributed by atoms with E-state index in [-0.39, 0.29) is 100 Å². The normalized spacial score (nSPS) is 24.1. The number of nitrogens with two attached hydrogens (primary N) is 2. The second-order valence-electron chi connectivity index (χ2n) is 24.6. The number of carboxylic acids is 1. The molecule has 11 atom stereocenters. The van der Waals surface area contributed by atoms with E-state index < -0.39 is 126 Å². The number of nitrogens with one attached hydrogen (secondary N) is 12. The number of alkyl carbamates (subject to hydrolysis) is 1. The number of hydrogen-bond donors (Lipinski definition) is 15. The lowest BCUT2D eigenvalue weighted by Gasteiger charge is -2.28. The van der Waals surface area contributed by atoms with Gasteiger partial charge in [0.05, 0.1) is 31.2 Å². The van der Waals surface area contributed by atoms with E-state index in [9.17, 15) is 57.8 Å².